The van der Waals surface area contributed by atoms with Crippen molar-refractivity contribution >= 4 is 11.9 Å². The van der Waals surface area contributed by atoms with Gasteiger partial charge in [0, 0.05) is 19.6 Å². The molecule has 0 unspecified atom stereocenters. The third-order valence-corrected chi connectivity index (χ3v) is 3.62. The molecule has 0 aromatic heterocycles. The van der Waals surface area contributed by atoms with Crippen molar-refractivity contribution in [1.82, 2.24) is 4.90 Å². The van der Waals surface area contributed by atoms with Crippen LogP contribution >= 0.6 is 0 Å². The van der Waals surface area contributed by atoms with E-state index >= 15 is 0 Å². The zero-order valence-electron chi connectivity index (χ0n) is 16.5. The van der Waals surface area contributed by atoms with Crippen molar-refractivity contribution in [3.63, 3.8) is 0 Å². The molecule has 0 aliphatic heterocycles. The zero-order valence-corrected chi connectivity index (χ0v) is 16.5. The maximum Gasteiger partial charge on any atom is 0.414 e. The first-order chi connectivity index (χ1) is 12.7. The van der Waals surface area contributed by atoms with Crippen LogP contribution in [0.5, 0.6) is 5.75 Å². The summed E-state index contributed by atoms with van der Waals surface area (Å²) in [4.78, 5) is 20.5. The van der Waals surface area contributed by atoms with Gasteiger partial charge in [-0.15, -0.1) is 13.2 Å². The van der Waals surface area contributed by atoms with E-state index in [0.717, 1.165) is 38.4 Å². The summed E-state index contributed by atoms with van der Waals surface area (Å²) in [6, 6.07) is 6.47. The monoisotopic (exact) mass is 377 g/mol. The highest BCUT2D eigenvalue weighted by atomic mass is 16.5. The number of carbonyl (C=O) groups is 2. The first kappa shape index (κ1) is 24.4. The fourth-order valence-corrected chi connectivity index (χ4v) is 2.34. The highest BCUT2D eigenvalue weighted by molar-refractivity contribution is 6.27. The second kappa shape index (κ2) is 13.6. The number of carboxylic acids is 2. The predicted molar refractivity (Wildman–Crippen MR) is 107 cm³/mol. The molecule has 0 aliphatic rings. The number of ether oxygens (including phenoxy) is 1. The van der Waals surface area contributed by atoms with E-state index in [1.54, 1.807) is 0 Å². The molecule has 1 aromatic rings. The molecule has 6 nitrogen and oxygen atoms in total. The van der Waals surface area contributed by atoms with Gasteiger partial charge in [-0.1, -0.05) is 38.1 Å². The van der Waals surface area contributed by atoms with Gasteiger partial charge in [0.15, 0.2) is 0 Å². The molecule has 0 saturated carbocycles. The number of aryl methyl sites for hydroxylation is 1. The summed E-state index contributed by atoms with van der Waals surface area (Å²) in [6.45, 7) is 17.6. The van der Waals surface area contributed by atoms with Gasteiger partial charge in [-0.25, -0.2) is 9.59 Å². The van der Waals surface area contributed by atoms with Crippen LogP contribution in [0.4, 0.5) is 0 Å². The summed E-state index contributed by atoms with van der Waals surface area (Å²) in [5.41, 5.74) is 2.53. The molecule has 0 spiro atoms. The first-order valence-electron chi connectivity index (χ1n) is 8.86. The number of hydrogen-bond donors (Lipinski definition) is 2. The predicted octanol–water partition coefficient (Wildman–Crippen LogP) is 3.72. The molecular weight excluding hydrogens is 346 g/mol. The minimum absolute atomic E-state index is 0.485. The topological polar surface area (TPSA) is 87.1 Å². The Morgan fingerprint density at radius 2 is 1.70 bits per heavy atom. The van der Waals surface area contributed by atoms with Crippen molar-refractivity contribution < 1.29 is 24.5 Å². The summed E-state index contributed by atoms with van der Waals surface area (Å²) in [5.74, 6) is -2.13. The largest absolute Gasteiger partial charge is 0.493 e. The van der Waals surface area contributed by atoms with E-state index in [2.05, 4.69) is 57.0 Å². The number of nitrogens with zero attached hydrogens (tertiary/aromatic N) is 1. The Balaban J connectivity index is 0.000000972. The lowest BCUT2D eigenvalue weighted by Crippen LogP contribution is -2.26. The molecule has 0 heterocycles. The first-order valence-corrected chi connectivity index (χ1v) is 8.86. The molecule has 27 heavy (non-hydrogen) atoms. The Morgan fingerprint density at radius 1 is 1.15 bits per heavy atom. The highest BCUT2D eigenvalue weighted by Crippen LogP contribution is 2.27. The van der Waals surface area contributed by atoms with Crippen LogP contribution in [0.3, 0.4) is 0 Å². The number of rotatable bonds is 10. The number of aliphatic carboxylic acids is 2. The Hall–Kier alpha value is -2.60. The highest BCUT2D eigenvalue weighted by Gasteiger charge is 2.08. The molecule has 1 rings (SSSR count). The van der Waals surface area contributed by atoms with Crippen molar-refractivity contribution in [2.24, 2.45) is 0 Å². The van der Waals surface area contributed by atoms with E-state index in [0.29, 0.717) is 5.92 Å². The van der Waals surface area contributed by atoms with Crippen LogP contribution < -0.4 is 4.74 Å². The summed E-state index contributed by atoms with van der Waals surface area (Å²) < 4.78 is 6.01. The average Bonchev–Trinajstić information content (AvgIpc) is 2.59. The molecule has 0 aliphatic carbocycles. The molecule has 2 N–H and O–H groups in total. The number of benzene rings is 1. The maximum absolute atomic E-state index is 9.10. The molecule has 6 heteroatoms. The van der Waals surface area contributed by atoms with Crippen LogP contribution in [0.2, 0.25) is 0 Å². The molecule has 0 atom stereocenters. The van der Waals surface area contributed by atoms with E-state index in [-0.39, 0.29) is 0 Å². The molecule has 0 radical (unpaired) electrons. The van der Waals surface area contributed by atoms with E-state index in [1.165, 1.54) is 11.1 Å². The van der Waals surface area contributed by atoms with Gasteiger partial charge in [-0.05, 0) is 36.5 Å². The van der Waals surface area contributed by atoms with Crippen LogP contribution in [-0.2, 0) is 9.59 Å². The normalized spacial score (nSPS) is 10.1. The van der Waals surface area contributed by atoms with Crippen LogP contribution in [0, 0.1) is 6.92 Å². The van der Waals surface area contributed by atoms with Gasteiger partial charge in [0.05, 0.1) is 6.61 Å². The maximum atomic E-state index is 9.10. The standard InChI is InChI=1S/C19H29NO.C2H2O4/c1-6-11-20(12-7-2)13-8-14-21-19-15-17(5)9-10-18(19)16(3)4;3-1(4)2(5)6/h6-7,9-10,15-16H,1-2,8,11-14H2,3-5H3;(H,3,4)(H,5,6). The van der Waals surface area contributed by atoms with Gasteiger partial charge in [-0.2, -0.15) is 0 Å². The molecule has 150 valence electrons. The lowest BCUT2D eigenvalue weighted by atomic mass is 10.0. The van der Waals surface area contributed by atoms with Crippen LogP contribution in [0.25, 0.3) is 0 Å². The van der Waals surface area contributed by atoms with E-state index in [4.69, 9.17) is 24.5 Å². The van der Waals surface area contributed by atoms with Crippen molar-refractivity contribution in [2.75, 3.05) is 26.2 Å². The fourth-order valence-electron chi connectivity index (χ4n) is 2.34. The molecule has 1 aromatic carbocycles. The van der Waals surface area contributed by atoms with E-state index in [1.807, 2.05) is 12.2 Å². The molecule has 0 amide bonds. The van der Waals surface area contributed by atoms with Crippen LogP contribution in [-0.4, -0.2) is 53.3 Å². The Bertz CT molecular complexity index is 603. The van der Waals surface area contributed by atoms with E-state index in [9.17, 15) is 0 Å². The third kappa shape index (κ3) is 10.9. The molecule has 0 bridgehead atoms. The van der Waals surface area contributed by atoms with Crippen molar-refractivity contribution in [3.8, 4) is 5.75 Å². The second-order valence-corrected chi connectivity index (χ2v) is 6.35. The van der Waals surface area contributed by atoms with Gasteiger partial charge in [-0.3, -0.25) is 4.90 Å². The quantitative estimate of drug-likeness (QED) is 0.367. The summed E-state index contributed by atoms with van der Waals surface area (Å²) in [6.07, 6.45) is 4.87. The number of hydrogen-bond acceptors (Lipinski definition) is 4. The Kier molecular flexibility index (Phi) is 12.3. The molecular formula is C21H31NO5. The lowest BCUT2D eigenvalue weighted by Gasteiger charge is -2.19. The van der Waals surface area contributed by atoms with Gasteiger partial charge < -0.3 is 14.9 Å². The summed E-state index contributed by atoms with van der Waals surface area (Å²) in [5, 5.41) is 14.8. The van der Waals surface area contributed by atoms with Crippen LogP contribution in [0.1, 0.15) is 37.3 Å². The SMILES string of the molecule is C=CCN(CC=C)CCCOc1cc(C)ccc1C(C)C.O=C(O)C(=O)O. The van der Waals surface area contributed by atoms with Crippen molar-refractivity contribution in [2.45, 2.75) is 33.1 Å². The minimum atomic E-state index is -1.82. The fraction of sp³-hybridized carbons (Fsp3) is 0.429. The minimum Gasteiger partial charge on any atom is -0.493 e. The van der Waals surface area contributed by atoms with Gasteiger partial charge in [0.1, 0.15) is 5.75 Å². The van der Waals surface area contributed by atoms with Crippen LogP contribution in [0.15, 0.2) is 43.5 Å². The lowest BCUT2D eigenvalue weighted by molar-refractivity contribution is -0.159. The molecule has 0 fully saturated rings. The third-order valence-electron chi connectivity index (χ3n) is 3.62. The van der Waals surface area contributed by atoms with Gasteiger partial charge in [0.25, 0.3) is 0 Å². The zero-order chi connectivity index (χ0) is 20.8. The second-order valence-electron chi connectivity index (χ2n) is 6.35. The smallest absolute Gasteiger partial charge is 0.414 e. The van der Waals surface area contributed by atoms with E-state index < -0.39 is 11.9 Å². The van der Waals surface area contributed by atoms with Crippen molar-refractivity contribution in [1.29, 1.82) is 0 Å². The summed E-state index contributed by atoms with van der Waals surface area (Å²) >= 11 is 0. The average molecular weight is 377 g/mol. The Morgan fingerprint density at radius 3 is 2.15 bits per heavy atom. The number of carboxylic acid groups (broad SMARTS) is 2. The molecule has 0 saturated heterocycles. The summed E-state index contributed by atoms with van der Waals surface area (Å²) in [7, 11) is 0. The van der Waals surface area contributed by atoms with Gasteiger partial charge in [0.2, 0.25) is 0 Å². The van der Waals surface area contributed by atoms with Gasteiger partial charge >= 0.3 is 11.9 Å². The Labute approximate surface area is 161 Å². The van der Waals surface area contributed by atoms with Crippen molar-refractivity contribution in [3.05, 3.63) is 54.6 Å².